The van der Waals surface area contributed by atoms with E-state index in [-0.39, 0.29) is 0 Å². The summed E-state index contributed by atoms with van der Waals surface area (Å²) >= 11 is 0. The van der Waals surface area contributed by atoms with Crippen LogP contribution in [0.3, 0.4) is 0 Å². The van der Waals surface area contributed by atoms with Crippen molar-refractivity contribution >= 4 is 10.0 Å². The van der Waals surface area contributed by atoms with Gasteiger partial charge in [-0.15, -0.1) is 0 Å². The molecule has 0 unspecified atom stereocenters. The highest BCUT2D eigenvalue weighted by atomic mass is 32.2. The standard InChI is InChI=1S/C16H30N2O3S/c1-3-21-15-12-14(16(15)8-4-5-9-16)17-13-6-10-18(11-7-13)22(2,19)20/h13-15,17H,3-12H2,1-2H3/t14-,15-/m1/s1. The number of nitrogens with one attached hydrogen (secondary N) is 1. The Morgan fingerprint density at radius 2 is 1.86 bits per heavy atom. The molecule has 2 saturated carbocycles. The van der Waals surface area contributed by atoms with Crippen molar-refractivity contribution in [2.75, 3.05) is 26.0 Å². The number of hydrogen-bond acceptors (Lipinski definition) is 4. The lowest BCUT2D eigenvalue weighted by molar-refractivity contribution is -0.133. The van der Waals surface area contributed by atoms with Crippen LogP contribution >= 0.6 is 0 Å². The SMILES string of the molecule is CCO[C@@H]1C[C@@H](NC2CCN(S(C)(=O)=O)CC2)C12CCCC2. The minimum Gasteiger partial charge on any atom is -0.378 e. The fourth-order valence-electron chi connectivity index (χ4n) is 4.76. The summed E-state index contributed by atoms with van der Waals surface area (Å²) in [4.78, 5) is 0. The first-order valence-corrected chi connectivity index (χ1v) is 10.6. The summed E-state index contributed by atoms with van der Waals surface area (Å²) in [6.07, 6.45) is 9.97. The fraction of sp³-hybridized carbons (Fsp3) is 1.00. The number of ether oxygens (including phenoxy) is 1. The van der Waals surface area contributed by atoms with Crippen molar-refractivity contribution in [3.05, 3.63) is 0 Å². The van der Waals surface area contributed by atoms with Crippen molar-refractivity contribution in [1.82, 2.24) is 9.62 Å². The Morgan fingerprint density at radius 3 is 2.41 bits per heavy atom. The molecule has 0 radical (unpaired) electrons. The Kier molecular flexibility index (Phi) is 4.84. The average Bonchev–Trinajstić information content (AvgIpc) is 2.98. The van der Waals surface area contributed by atoms with Crippen LogP contribution in [0.5, 0.6) is 0 Å². The van der Waals surface area contributed by atoms with Gasteiger partial charge in [-0.05, 0) is 39.0 Å². The second-order valence-electron chi connectivity index (χ2n) is 7.28. The highest BCUT2D eigenvalue weighted by Crippen LogP contribution is 2.55. The molecule has 3 rings (SSSR count). The van der Waals surface area contributed by atoms with Crippen LogP contribution in [0.15, 0.2) is 0 Å². The Hall–Kier alpha value is -0.170. The predicted molar refractivity (Wildman–Crippen MR) is 87.3 cm³/mol. The van der Waals surface area contributed by atoms with E-state index in [1.165, 1.54) is 31.9 Å². The molecule has 0 aromatic heterocycles. The van der Waals surface area contributed by atoms with E-state index >= 15 is 0 Å². The molecule has 0 aromatic carbocycles. The average molecular weight is 330 g/mol. The van der Waals surface area contributed by atoms with Gasteiger partial charge < -0.3 is 10.1 Å². The van der Waals surface area contributed by atoms with Crippen LogP contribution in [0, 0.1) is 5.41 Å². The molecule has 1 spiro atoms. The smallest absolute Gasteiger partial charge is 0.211 e. The van der Waals surface area contributed by atoms with E-state index in [1.807, 2.05) is 0 Å². The number of piperidine rings is 1. The number of nitrogens with zero attached hydrogens (tertiary/aromatic N) is 1. The Labute approximate surface area is 134 Å². The summed E-state index contributed by atoms with van der Waals surface area (Å²) < 4.78 is 30.8. The minimum atomic E-state index is -3.02. The Bertz CT molecular complexity index is 480. The van der Waals surface area contributed by atoms with Gasteiger partial charge in [0.15, 0.2) is 0 Å². The predicted octanol–water partition coefficient (Wildman–Crippen LogP) is 1.74. The van der Waals surface area contributed by atoms with Crippen LogP contribution in [-0.4, -0.2) is 56.9 Å². The van der Waals surface area contributed by atoms with E-state index in [2.05, 4.69) is 12.2 Å². The number of rotatable bonds is 5. The third-order valence-electron chi connectivity index (χ3n) is 6.05. The van der Waals surface area contributed by atoms with E-state index in [1.54, 1.807) is 4.31 Å². The summed E-state index contributed by atoms with van der Waals surface area (Å²) in [6, 6.07) is 1.03. The van der Waals surface area contributed by atoms with Gasteiger partial charge in [-0.2, -0.15) is 0 Å². The third-order valence-corrected chi connectivity index (χ3v) is 7.35. The largest absolute Gasteiger partial charge is 0.378 e. The van der Waals surface area contributed by atoms with Crippen molar-refractivity contribution in [3.8, 4) is 0 Å². The summed E-state index contributed by atoms with van der Waals surface area (Å²) in [5, 5.41) is 3.85. The quantitative estimate of drug-likeness (QED) is 0.834. The lowest BCUT2D eigenvalue weighted by Crippen LogP contribution is -2.65. The molecule has 2 aliphatic carbocycles. The summed E-state index contributed by atoms with van der Waals surface area (Å²) in [5.41, 5.74) is 0.365. The molecular formula is C16H30N2O3S. The van der Waals surface area contributed by atoms with Crippen molar-refractivity contribution in [2.24, 2.45) is 5.41 Å². The highest BCUT2D eigenvalue weighted by Gasteiger charge is 2.56. The molecule has 2 atom stereocenters. The molecule has 22 heavy (non-hydrogen) atoms. The van der Waals surface area contributed by atoms with Crippen LogP contribution in [0.1, 0.15) is 51.9 Å². The van der Waals surface area contributed by atoms with Crippen molar-refractivity contribution < 1.29 is 13.2 Å². The molecule has 1 aliphatic heterocycles. The summed E-state index contributed by atoms with van der Waals surface area (Å²) in [7, 11) is -3.02. The first-order valence-electron chi connectivity index (χ1n) is 8.78. The Morgan fingerprint density at radius 1 is 1.23 bits per heavy atom. The van der Waals surface area contributed by atoms with Gasteiger partial charge in [-0.3, -0.25) is 0 Å². The monoisotopic (exact) mass is 330 g/mol. The van der Waals surface area contributed by atoms with Gasteiger partial charge in [-0.1, -0.05) is 12.8 Å². The second kappa shape index (κ2) is 6.38. The molecule has 6 heteroatoms. The summed E-state index contributed by atoms with van der Waals surface area (Å²) in [5.74, 6) is 0. The lowest BCUT2D eigenvalue weighted by Gasteiger charge is -2.55. The molecule has 0 amide bonds. The first-order chi connectivity index (χ1) is 10.5. The maximum absolute atomic E-state index is 11.6. The van der Waals surface area contributed by atoms with Gasteiger partial charge in [-0.25, -0.2) is 12.7 Å². The molecule has 3 fully saturated rings. The molecule has 1 saturated heterocycles. The van der Waals surface area contributed by atoms with Crippen molar-refractivity contribution in [1.29, 1.82) is 0 Å². The summed E-state index contributed by atoms with van der Waals surface area (Å²) in [6.45, 7) is 4.21. The van der Waals surface area contributed by atoms with Crippen molar-refractivity contribution in [2.45, 2.75) is 70.1 Å². The van der Waals surface area contributed by atoms with Crippen LogP contribution in [0.25, 0.3) is 0 Å². The van der Waals surface area contributed by atoms with Gasteiger partial charge in [0.2, 0.25) is 10.0 Å². The molecule has 1 heterocycles. The van der Waals surface area contributed by atoms with E-state index in [0.29, 0.717) is 36.7 Å². The van der Waals surface area contributed by atoms with Crippen LogP contribution in [0.2, 0.25) is 0 Å². The van der Waals surface area contributed by atoms with E-state index in [0.717, 1.165) is 25.9 Å². The van der Waals surface area contributed by atoms with Gasteiger partial charge in [0.1, 0.15) is 0 Å². The zero-order valence-electron chi connectivity index (χ0n) is 13.9. The van der Waals surface area contributed by atoms with Crippen LogP contribution in [-0.2, 0) is 14.8 Å². The van der Waals surface area contributed by atoms with Gasteiger partial charge in [0, 0.05) is 37.2 Å². The number of sulfonamides is 1. The van der Waals surface area contributed by atoms with Crippen LogP contribution < -0.4 is 5.32 Å². The third kappa shape index (κ3) is 3.07. The lowest BCUT2D eigenvalue weighted by atomic mass is 9.60. The number of hydrogen-bond donors (Lipinski definition) is 1. The van der Waals surface area contributed by atoms with Crippen molar-refractivity contribution in [3.63, 3.8) is 0 Å². The minimum absolute atomic E-state index is 0.365. The second-order valence-corrected chi connectivity index (χ2v) is 9.26. The molecular weight excluding hydrogens is 300 g/mol. The molecule has 0 aromatic rings. The molecule has 128 valence electrons. The Balaban J connectivity index is 1.54. The zero-order chi connectivity index (χ0) is 15.8. The van der Waals surface area contributed by atoms with Gasteiger partial charge in [0.05, 0.1) is 12.4 Å². The molecule has 5 nitrogen and oxygen atoms in total. The topological polar surface area (TPSA) is 58.6 Å². The van der Waals surface area contributed by atoms with Gasteiger partial charge >= 0.3 is 0 Å². The normalized spacial score (nSPS) is 33.2. The molecule has 0 bridgehead atoms. The van der Waals surface area contributed by atoms with E-state index in [9.17, 15) is 8.42 Å². The first kappa shape index (κ1) is 16.7. The zero-order valence-corrected chi connectivity index (χ0v) is 14.7. The maximum atomic E-state index is 11.6. The van der Waals surface area contributed by atoms with Crippen LogP contribution in [0.4, 0.5) is 0 Å². The molecule has 1 N–H and O–H groups in total. The highest BCUT2D eigenvalue weighted by molar-refractivity contribution is 7.88. The maximum Gasteiger partial charge on any atom is 0.211 e. The van der Waals surface area contributed by atoms with E-state index < -0.39 is 10.0 Å². The van der Waals surface area contributed by atoms with E-state index in [4.69, 9.17) is 4.74 Å². The van der Waals surface area contributed by atoms with Gasteiger partial charge in [0.25, 0.3) is 0 Å². The fourth-order valence-corrected chi connectivity index (χ4v) is 5.63. The molecule has 3 aliphatic rings.